The van der Waals surface area contributed by atoms with Crippen molar-refractivity contribution in [3.63, 3.8) is 0 Å². The van der Waals surface area contributed by atoms with Gasteiger partial charge in [-0.3, -0.25) is 4.79 Å². The third-order valence-corrected chi connectivity index (χ3v) is 5.86. The average molecular weight is 347 g/mol. The van der Waals surface area contributed by atoms with Crippen LogP contribution >= 0.6 is 11.3 Å². The average Bonchev–Trinajstić information content (AvgIpc) is 3.12. The molecule has 0 spiro atoms. The monoisotopic (exact) mass is 347 g/mol. The van der Waals surface area contributed by atoms with Gasteiger partial charge in [0, 0.05) is 19.0 Å². The smallest absolute Gasteiger partial charge is 0.338 e. The molecule has 2 fully saturated rings. The Morgan fingerprint density at radius 2 is 2.30 bits per heavy atom. The summed E-state index contributed by atoms with van der Waals surface area (Å²) in [6.07, 6.45) is -0.346. The number of amides is 1. The zero-order valence-corrected chi connectivity index (χ0v) is 13.8. The third kappa shape index (κ3) is 3.10. The van der Waals surface area contributed by atoms with E-state index < -0.39 is 11.9 Å². The Bertz CT molecular complexity index is 589. The summed E-state index contributed by atoms with van der Waals surface area (Å²) >= 11 is 0.951. The lowest BCUT2D eigenvalue weighted by Gasteiger charge is -2.39. The Morgan fingerprint density at radius 3 is 3.00 bits per heavy atom. The lowest BCUT2D eigenvalue weighted by molar-refractivity contribution is -0.144. The maximum absolute atomic E-state index is 13.0. The summed E-state index contributed by atoms with van der Waals surface area (Å²) in [5.74, 6) is 0.379. The largest absolute Gasteiger partial charge is 0.434 e. The minimum absolute atomic E-state index is 0.0379. The first kappa shape index (κ1) is 16.7. The van der Waals surface area contributed by atoms with E-state index in [1.54, 1.807) is 11.9 Å². The quantitative estimate of drug-likeness (QED) is 0.914. The second-order valence-electron chi connectivity index (χ2n) is 6.52. The first-order valence-electron chi connectivity index (χ1n) is 7.81. The summed E-state index contributed by atoms with van der Waals surface area (Å²) in [7, 11) is 1.66. The molecule has 2 atom stereocenters. The molecule has 1 aromatic heterocycles. The molecule has 23 heavy (non-hydrogen) atoms. The molecule has 0 aromatic carbocycles. The van der Waals surface area contributed by atoms with Gasteiger partial charge >= 0.3 is 6.18 Å². The summed E-state index contributed by atoms with van der Waals surface area (Å²) in [6, 6.07) is 0. The Labute approximate surface area is 137 Å². The molecule has 2 heterocycles. The number of fused-ring (bicyclic) bond motifs is 1. The fourth-order valence-corrected chi connectivity index (χ4v) is 4.69. The first-order chi connectivity index (χ1) is 10.8. The number of rotatable bonds is 3. The summed E-state index contributed by atoms with van der Waals surface area (Å²) < 4.78 is 37.9. The van der Waals surface area contributed by atoms with Crippen LogP contribution in [0.5, 0.6) is 0 Å². The van der Waals surface area contributed by atoms with Crippen molar-refractivity contribution in [1.82, 2.24) is 15.2 Å². The molecule has 1 amide bonds. The molecule has 0 bridgehead atoms. The van der Waals surface area contributed by atoms with E-state index in [-0.39, 0.29) is 17.9 Å². The minimum Gasteiger partial charge on any atom is -0.338 e. The van der Waals surface area contributed by atoms with E-state index >= 15 is 0 Å². The van der Waals surface area contributed by atoms with Crippen LogP contribution in [0, 0.1) is 11.3 Å². The standard InChI is InChI=1S/C15H20F3N3OS/c1-21(7-12-20-11(8-23-12)15(16,17)18)13(22)14-5-3-2-4-10(14)6-19-9-14/h8,10,19H,2-7,9H2,1H3/t10-,14+/m0/s1. The van der Waals surface area contributed by atoms with Gasteiger partial charge in [-0.1, -0.05) is 12.8 Å². The van der Waals surface area contributed by atoms with Gasteiger partial charge in [-0.2, -0.15) is 13.2 Å². The van der Waals surface area contributed by atoms with Crippen LogP contribution in [0.15, 0.2) is 5.38 Å². The highest BCUT2D eigenvalue weighted by Gasteiger charge is 2.50. The van der Waals surface area contributed by atoms with Gasteiger partial charge in [-0.25, -0.2) is 4.98 Å². The molecule has 4 nitrogen and oxygen atoms in total. The van der Waals surface area contributed by atoms with Crippen molar-refractivity contribution in [2.75, 3.05) is 20.1 Å². The van der Waals surface area contributed by atoms with Gasteiger partial charge in [-0.15, -0.1) is 11.3 Å². The first-order valence-corrected chi connectivity index (χ1v) is 8.69. The lowest BCUT2D eigenvalue weighted by atomic mass is 9.67. The van der Waals surface area contributed by atoms with E-state index in [0.717, 1.165) is 48.9 Å². The molecule has 1 saturated carbocycles. The summed E-state index contributed by atoms with van der Waals surface area (Å²) in [6.45, 7) is 1.66. The molecule has 0 unspecified atom stereocenters. The van der Waals surface area contributed by atoms with Crippen LogP contribution in [0.25, 0.3) is 0 Å². The van der Waals surface area contributed by atoms with Crippen LogP contribution in [-0.2, 0) is 17.5 Å². The summed E-state index contributed by atoms with van der Waals surface area (Å²) in [4.78, 5) is 18.1. The van der Waals surface area contributed by atoms with Gasteiger partial charge in [0.05, 0.1) is 12.0 Å². The van der Waals surface area contributed by atoms with E-state index in [4.69, 9.17) is 0 Å². The Morgan fingerprint density at radius 1 is 1.52 bits per heavy atom. The van der Waals surface area contributed by atoms with Crippen LogP contribution in [-0.4, -0.2) is 35.9 Å². The van der Waals surface area contributed by atoms with Crippen molar-refractivity contribution in [1.29, 1.82) is 0 Å². The van der Waals surface area contributed by atoms with Gasteiger partial charge in [0.15, 0.2) is 5.69 Å². The molecule has 1 N–H and O–H groups in total. The summed E-state index contributed by atoms with van der Waals surface area (Å²) in [5.41, 5.74) is -1.26. The van der Waals surface area contributed by atoms with E-state index in [9.17, 15) is 18.0 Å². The zero-order chi connectivity index (χ0) is 16.7. The van der Waals surface area contributed by atoms with Gasteiger partial charge in [0.1, 0.15) is 5.01 Å². The lowest BCUT2D eigenvalue weighted by Crippen LogP contribution is -2.48. The van der Waals surface area contributed by atoms with Gasteiger partial charge in [0.2, 0.25) is 5.91 Å². The van der Waals surface area contributed by atoms with Gasteiger partial charge < -0.3 is 10.2 Å². The number of hydrogen-bond donors (Lipinski definition) is 1. The molecular formula is C15H20F3N3OS. The van der Waals surface area contributed by atoms with E-state index in [1.165, 1.54) is 0 Å². The number of carbonyl (C=O) groups is 1. The van der Waals surface area contributed by atoms with Crippen LogP contribution in [0.2, 0.25) is 0 Å². The molecule has 0 radical (unpaired) electrons. The molecule has 1 aromatic rings. The Balaban J connectivity index is 1.71. The third-order valence-electron chi connectivity index (χ3n) is 5.03. The van der Waals surface area contributed by atoms with Crippen molar-refractivity contribution in [3.05, 3.63) is 16.1 Å². The predicted octanol–water partition coefficient (Wildman–Crippen LogP) is 2.90. The van der Waals surface area contributed by atoms with Crippen molar-refractivity contribution >= 4 is 17.2 Å². The molecule has 1 aliphatic carbocycles. The minimum atomic E-state index is -4.43. The fourth-order valence-electron chi connectivity index (χ4n) is 3.84. The predicted molar refractivity (Wildman–Crippen MR) is 80.9 cm³/mol. The van der Waals surface area contributed by atoms with Gasteiger partial charge in [-0.05, 0) is 25.3 Å². The second-order valence-corrected chi connectivity index (χ2v) is 7.46. The van der Waals surface area contributed by atoms with Crippen LogP contribution in [0.3, 0.4) is 0 Å². The number of alkyl halides is 3. The molecule has 8 heteroatoms. The number of hydrogen-bond acceptors (Lipinski definition) is 4. The van der Waals surface area contributed by atoms with Crippen molar-refractivity contribution in [2.45, 2.75) is 38.4 Å². The number of carbonyl (C=O) groups excluding carboxylic acids is 1. The molecule has 1 saturated heterocycles. The number of aromatic nitrogens is 1. The normalized spacial score (nSPS) is 27.7. The summed E-state index contributed by atoms with van der Waals surface area (Å²) in [5, 5.41) is 4.65. The fraction of sp³-hybridized carbons (Fsp3) is 0.733. The number of halogens is 3. The van der Waals surface area contributed by atoms with Gasteiger partial charge in [0.25, 0.3) is 0 Å². The van der Waals surface area contributed by atoms with E-state index in [0.29, 0.717) is 17.5 Å². The molecular weight excluding hydrogens is 327 g/mol. The van der Waals surface area contributed by atoms with Crippen LogP contribution in [0.4, 0.5) is 13.2 Å². The highest BCUT2D eigenvalue weighted by Crippen LogP contribution is 2.45. The highest BCUT2D eigenvalue weighted by atomic mass is 32.1. The van der Waals surface area contributed by atoms with Crippen molar-refractivity contribution < 1.29 is 18.0 Å². The molecule has 3 rings (SSSR count). The molecule has 2 aliphatic rings. The maximum Gasteiger partial charge on any atom is 0.434 e. The van der Waals surface area contributed by atoms with E-state index in [2.05, 4.69) is 10.3 Å². The topological polar surface area (TPSA) is 45.2 Å². The van der Waals surface area contributed by atoms with E-state index in [1.807, 2.05) is 0 Å². The number of thiazole rings is 1. The van der Waals surface area contributed by atoms with Crippen LogP contribution < -0.4 is 5.32 Å². The second kappa shape index (κ2) is 6.05. The number of nitrogens with one attached hydrogen (secondary N) is 1. The maximum atomic E-state index is 13.0. The van der Waals surface area contributed by atoms with Crippen molar-refractivity contribution in [2.24, 2.45) is 11.3 Å². The SMILES string of the molecule is CN(Cc1nc(C(F)(F)F)cs1)C(=O)[C@@]12CCCC[C@H]1CNC2. The molecule has 1 aliphatic heterocycles. The molecule has 128 valence electrons. The Hall–Kier alpha value is -1.15. The van der Waals surface area contributed by atoms with Crippen LogP contribution in [0.1, 0.15) is 36.4 Å². The van der Waals surface area contributed by atoms with Crippen molar-refractivity contribution in [3.8, 4) is 0 Å². The number of nitrogens with zero attached hydrogens (tertiary/aromatic N) is 2. The zero-order valence-electron chi connectivity index (χ0n) is 12.9. The Kier molecular flexibility index (Phi) is 4.39. The highest BCUT2D eigenvalue weighted by molar-refractivity contribution is 7.09.